The third kappa shape index (κ3) is 1.75. The normalized spacial score (nSPS) is 21.1. The lowest BCUT2D eigenvalue weighted by Gasteiger charge is -2.15. The van der Waals surface area contributed by atoms with Crippen molar-refractivity contribution in [2.24, 2.45) is 0 Å². The van der Waals surface area contributed by atoms with Crippen LogP contribution in [0.1, 0.15) is 30.0 Å². The Bertz CT molecular complexity index is 316. The molecule has 0 spiro atoms. The minimum atomic E-state index is 0.491. The van der Waals surface area contributed by atoms with Gasteiger partial charge < -0.3 is 10.1 Å². The molecule has 76 valence electrons. The third-order valence-corrected chi connectivity index (χ3v) is 2.82. The van der Waals surface area contributed by atoms with Gasteiger partial charge in [-0.25, -0.2) is 0 Å². The predicted molar refractivity (Wildman–Crippen MR) is 57.7 cm³/mol. The molecule has 0 unspecified atom stereocenters. The van der Waals surface area contributed by atoms with Gasteiger partial charge in [0.05, 0.1) is 7.11 Å². The highest BCUT2D eigenvalue weighted by molar-refractivity contribution is 5.39. The molecular weight excluding hydrogens is 174 g/mol. The SMILES string of the molecule is COc1cc(C)ccc1[C@@H]1CCCN1. The molecule has 2 nitrogen and oxygen atoms in total. The molecule has 1 heterocycles. The Kier molecular flexibility index (Phi) is 2.73. The maximum atomic E-state index is 5.40. The smallest absolute Gasteiger partial charge is 0.123 e. The number of nitrogens with one attached hydrogen (secondary N) is 1. The summed E-state index contributed by atoms with van der Waals surface area (Å²) in [5.41, 5.74) is 2.55. The Morgan fingerprint density at radius 2 is 2.29 bits per heavy atom. The molecule has 1 aromatic rings. The van der Waals surface area contributed by atoms with Crippen molar-refractivity contribution in [3.8, 4) is 5.75 Å². The van der Waals surface area contributed by atoms with Crippen LogP contribution in [0.3, 0.4) is 0 Å². The lowest BCUT2D eigenvalue weighted by molar-refractivity contribution is 0.403. The summed E-state index contributed by atoms with van der Waals surface area (Å²) in [5, 5.41) is 3.49. The van der Waals surface area contributed by atoms with Gasteiger partial charge in [-0.2, -0.15) is 0 Å². The fraction of sp³-hybridized carbons (Fsp3) is 0.500. The van der Waals surface area contributed by atoms with Gasteiger partial charge in [-0.05, 0) is 37.9 Å². The van der Waals surface area contributed by atoms with Gasteiger partial charge in [-0.15, -0.1) is 0 Å². The van der Waals surface area contributed by atoms with E-state index in [2.05, 4.69) is 30.4 Å². The fourth-order valence-corrected chi connectivity index (χ4v) is 2.06. The van der Waals surface area contributed by atoms with Crippen LogP contribution in [0, 0.1) is 6.92 Å². The number of aryl methyl sites for hydroxylation is 1. The molecule has 0 aliphatic carbocycles. The van der Waals surface area contributed by atoms with E-state index in [4.69, 9.17) is 4.74 Å². The number of methoxy groups -OCH3 is 1. The maximum absolute atomic E-state index is 5.40. The molecule has 1 aliphatic heterocycles. The molecule has 1 saturated heterocycles. The van der Waals surface area contributed by atoms with Crippen molar-refractivity contribution >= 4 is 0 Å². The van der Waals surface area contributed by atoms with Crippen molar-refractivity contribution in [2.45, 2.75) is 25.8 Å². The third-order valence-electron chi connectivity index (χ3n) is 2.82. The highest BCUT2D eigenvalue weighted by Gasteiger charge is 2.19. The summed E-state index contributed by atoms with van der Waals surface area (Å²) in [4.78, 5) is 0. The lowest BCUT2D eigenvalue weighted by Crippen LogP contribution is -2.13. The number of hydrogen-bond donors (Lipinski definition) is 1. The van der Waals surface area contributed by atoms with E-state index in [-0.39, 0.29) is 0 Å². The van der Waals surface area contributed by atoms with Crippen LogP contribution in [0.25, 0.3) is 0 Å². The van der Waals surface area contributed by atoms with E-state index >= 15 is 0 Å². The van der Waals surface area contributed by atoms with Crippen LogP contribution in [-0.2, 0) is 0 Å². The van der Waals surface area contributed by atoms with Crippen molar-refractivity contribution in [2.75, 3.05) is 13.7 Å². The molecule has 2 heteroatoms. The topological polar surface area (TPSA) is 21.3 Å². The van der Waals surface area contributed by atoms with Gasteiger partial charge in [-0.3, -0.25) is 0 Å². The molecule has 0 saturated carbocycles. The summed E-state index contributed by atoms with van der Waals surface area (Å²) in [6.45, 7) is 3.22. The van der Waals surface area contributed by atoms with E-state index in [1.54, 1.807) is 7.11 Å². The van der Waals surface area contributed by atoms with Gasteiger partial charge >= 0.3 is 0 Å². The van der Waals surface area contributed by atoms with E-state index in [1.165, 1.54) is 24.0 Å². The largest absolute Gasteiger partial charge is 0.496 e. The molecule has 1 aliphatic rings. The van der Waals surface area contributed by atoms with Crippen LogP contribution in [-0.4, -0.2) is 13.7 Å². The second-order valence-electron chi connectivity index (χ2n) is 3.89. The second kappa shape index (κ2) is 4.01. The van der Waals surface area contributed by atoms with Crippen molar-refractivity contribution in [1.29, 1.82) is 0 Å². The molecule has 1 N–H and O–H groups in total. The van der Waals surface area contributed by atoms with Gasteiger partial charge in [0.1, 0.15) is 5.75 Å². The predicted octanol–water partition coefficient (Wildman–Crippen LogP) is 2.43. The minimum absolute atomic E-state index is 0.491. The zero-order valence-electron chi connectivity index (χ0n) is 8.84. The van der Waals surface area contributed by atoms with Crippen LogP contribution in [0.4, 0.5) is 0 Å². The number of benzene rings is 1. The molecule has 1 atom stereocenters. The number of ether oxygens (including phenoxy) is 1. The first kappa shape index (κ1) is 9.53. The Hall–Kier alpha value is -1.02. The van der Waals surface area contributed by atoms with E-state index in [0.717, 1.165) is 12.3 Å². The van der Waals surface area contributed by atoms with Gasteiger partial charge in [0.15, 0.2) is 0 Å². The quantitative estimate of drug-likeness (QED) is 0.775. The van der Waals surface area contributed by atoms with E-state index < -0.39 is 0 Å². The Morgan fingerprint density at radius 3 is 2.93 bits per heavy atom. The summed E-state index contributed by atoms with van der Waals surface area (Å²) in [7, 11) is 1.74. The molecule has 0 bridgehead atoms. The summed E-state index contributed by atoms with van der Waals surface area (Å²) < 4.78 is 5.40. The first-order valence-electron chi connectivity index (χ1n) is 5.19. The summed E-state index contributed by atoms with van der Waals surface area (Å²) in [6.07, 6.45) is 2.49. The van der Waals surface area contributed by atoms with Crippen molar-refractivity contribution < 1.29 is 4.74 Å². The highest BCUT2D eigenvalue weighted by atomic mass is 16.5. The monoisotopic (exact) mass is 191 g/mol. The Morgan fingerprint density at radius 1 is 1.43 bits per heavy atom. The zero-order valence-corrected chi connectivity index (χ0v) is 8.84. The Balaban J connectivity index is 2.31. The molecule has 1 aromatic carbocycles. The van der Waals surface area contributed by atoms with Crippen LogP contribution in [0.15, 0.2) is 18.2 Å². The van der Waals surface area contributed by atoms with E-state index in [9.17, 15) is 0 Å². The minimum Gasteiger partial charge on any atom is -0.496 e. The average Bonchev–Trinajstić information content (AvgIpc) is 2.70. The van der Waals surface area contributed by atoms with Crippen LogP contribution in [0.2, 0.25) is 0 Å². The fourth-order valence-electron chi connectivity index (χ4n) is 2.06. The molecule has 0 amide bonds. The first-order valence-corrected chi connectivity index (χ1v) is 5.19. The standard InChI is InChI=1S/C12H17NO/c1-9-5-6-10(12(8-9)14-2)11-4-3-7-13-11/h5-6,8,11,13H,3-4,7H2,1-2H3/t11-/m0/s1. The number of hydrogen-bond acceptors (Lipinski definition) is 2. The van der Waals surface area contributed by atoms with Gasteiger partial charge in [-0.1, -0.05) is 12.1 Å². The summed E-state index contributed by atoms with van der Waals surface area (Å²) >= 11 is 0. The van der Waals surface area contributed by atoms with E-state index in [0.29, 0.717) is 6.04 Å². The van der Waals surface area contributed by atoms with E-state index in [1.807, 2.05) is 0 Å². The lowest BCUT2D eigenvalue weighted by atomic mass is 10.0. The molecule has 0 radical (unpaired) electrons. The second-order valence-corrected chi connectivity index (χ2v) is 3.89. The van der Waals surface area contributed by atoms with Crippen LogP contribution in [0.5, 0.6) is 5.75 Å². The Labute approximate surface area is 85.3 Å². The molecule has 1 fully saturated rings. The zero-order chi connectivity index (χ0) is 9.97. The maximum Gasteiger partial charge on any atom is 0.123 e. The molecule has 14 heavy (non-hydrogen) atoms. The average molecular weight is 191 g/mol. The molecular formula is C12H17NO. The van der Waals surface area contributed by atoms with Crippen molar-refractivity contribution in [1.82, 2.24) is 5.32 Å². The summed E-state index contributed by atoms with van der Waals surface area (Å²) in [6, 6.07) is 6.93. The van der Waals surface area contributed by atoms with Crippen LogP contribution < -0.4 is 10.1 Å². The van der Waals surface area contributed by atoms with Crippen molar-refractivity contribution in [3.63, 3.8) is 0 Å². The summed E-state index contributed by atoms with van der Waals surface area (Å²) in [5.74, 6) is 1.02. The number of rotatable bonds is 2. The van der Waals surface area contributed by atoms with Crippen molar-refractivity contribution in [3.05, 3.63) is 29.3 Å². The highest BCUT2D eigenvalue weighted by Crippen LogP contribution is 2.31. The van der Waals surface area contributed by atoms with Gasteiger partial charge in [0.2, 0.25) is 0 Å². The molecule has 0 aromatic heterocycles. The first-order chi connectivity index (χ1) is 6.81. The molecule has 2 rings (SSSR count). The van der Waals surface area contributed by atoms with Crippen LogP contribution >= 0.6 is 0 Å². The van der Waals surface area contributed by atoms with Gasteiger partial charge in [0.25, 0.3) is 0 Å². The van der Waals surface area contributed by atoms with Gasteiger partial charge in [0, 0.05) is 11.6 Å².